The van der Waals surface area contributed by atoms with E-state index in [1.54, 1.807) is 4.68 Å². The van der Waals surface area contributed by atoms with Crippen molar-refractivity contribution in [3.8, 4) is 5.69 Å². The highest BCUT2D eigenvalue weighted by Crippen LogP contribution is 2.43. The zero-order valence-electron chi connectivity index (χ0n) is 11.5. The Kier molecular flexibility index (Phi) is 4.09. The maximum absolute atomic E-state index is 12.2. The first kappa shape index (κ1) is 15.3. The van der Waals surface area contributed by atoms with Gasteiger partial charge in [-0.25, -0.2) is 4.68 Å². The molecule has 6 nitrogen and oxygen atoms in total. The highest BCUT2D eigenvalue weighted by atomic mass is 127. The Morgan fingerprint density at radius 3 is 2.77 bits per heavy atom. The largest absolute Gasteiger partial charge is 0.370 e. The summed E-state index contributed by atoms with van der Waals surface area (Å²) < 4.78 is 2.75. The number of rotatable bonds is 3. The van der Waals surface area contributed by atoms with E-state index in [1.807, 2.05) is 18.2 Å². The lowest BCUT2D eigenvalue weighted by Gasteiger charge is -2.10. The Morgan fingerprint density at radius 2 is 2.14 bits per heavy atom. The van der Waals surface area contributed by atoms with Gasteiger partial charge in [0.2, 0.25) is 0 Å². The summed E-state index contributed by atoms with van der Waals surface area (Å²) in [6.07, 6.45) is 3.52. The van der Waals surface area contributed by atoms with E-state index in [2.05, 4.69) is 32.7 Å². The second kappa shape index (κ2) is 5.88. The average molecular weight is 430 g/mol. The molecule has 1 heterocycles. The minimum Gasteiger partial charge on any atom is -0.370 e. The van der Waals surface area contributed by atoms with Gasteiger partial charge in [-0.1, -0.05) is 11.6 Å². The Balaban J connectivity index is 2.14. The molecule has 1 saturated carbocycles. The van der Waals surface area contributed by atoms with Crippen LogP contribution in [0.25, 0.3) is 5.69 Å². The number of hydrogen-bond donors (Lipinski definition) is 2. The summed E-state index contributed by atoms with van der Waals surface area (Å²) in [7, 11) is 0. The number of nitrogens with zero attached hydrogens (tertiary/aromatic N) is 3. The summed E-state index contributed by atoms with van der Waals surface area (Å²) in [5.74, 6) is -0.453. The summed E-state index contributed by atoms with van der Waals surface area (Å²) >= 11 is 8.49. The molecule has 0 spiro atoms. The van der Waals surface area contributed by atoms with Crippen molar-refractivity contribution >= 4 is 46.1 Å². The molecule has 0 bridgehead atoms. The smallest absolute Gasteiger partial charge is 0.283 e. The molecule has 114 valence electrons. The number of carbonyl (C=O) groups is 1. The van der Waals surface area contributed by atoms with Gasteiger partial charge in [0, 0.05) is 9.49 Å². The predicted octanol–water partition coefficient (Wildman–Crippen LogP) is 2.42. The molecule has 4 N–H and O–H groups in total. The summed E-state index contributed by atoms with van der Waals surface area (Å²) in [5.41, 5.74) is 12.6. The van der Waals surface area contributed by atoms with Crippen LogP contribution in [0.15, 0.2) is 29.4 Å². The summed E-state index contributed by atoms with van der Waals surface area (Å²) in [4.78, 5) is 15.8. The molecular formula is C14H13ClIN5O. The van der Waals surface area contributed by atoms with Gasteiger partial charge in [0.25, 0.3) is 5.91 Å². The van der Waals surface area contributed by atoms with Crippen molar-refractivity contribution in [2.75, 3.05) is 0 Å². The van der Waals surface area contributed by atoms with Gasteiger partial charge < -0.3 is 11.5 Å². The van der Waals surface area contributed by atoms with Crippen molar-refractivity contribution in [1.29, 1.82) is 0 Å². The third-order valence-corrected chi connectivity index (χ3v) is 4.36. The number of guanidine groups is 1. The standard InChI is InChI=1S/C14H13ClIN5O/c15-10-4-3-8(16)5-11(10)21-12(7-1-2-7)9(6-19-21)13(22)20-14(17)18/h3-7H,1-2H2,(H4,17,18,20,22). The molecule has 0 radical (unpaired) electrons. The number of hydrogen-bond acceptors (Lipinski definition) is 2. The normalized spacial score (nSPS) is 13.9. The number of amides is 1. The van der Waals surface area contributed by atoms with E-state index in [0.717, 1.165) is 27.8 Å². The third-order valence-electron chi connectivity index (χ3n) is 3.37. The van der Waals surface area contributed by atoms with Gasteiger partial charge in [0.15, 0.2) is 5.96 Å². The molecule has 1 aliphatic carbocycles. The fourth-order valence-electron chi connectivity index (χ4n) is 2.29. The van der Waals surface area contributed by atoms with Crippen LogP contribution in [-0.4, -0.2) is 21.6 Å². The SMILES string of the molecule is NC(N)=NC(=O)c1cnn(-c2cc(I)ccc2Cl)c1C1CC1. The van der Waals surface area contributed by atoms with Gasteiger partial charge in [-0.2, -0.15) is 10.1 Å². The molecule has 2 aromatic rings. The van der Waals surface area contributed by atoms with E-state index in [4.69, 9.17) is 23.1 Å². The summed E-state index contributed by atoms with van der Waals surface area (Å²) in [6.45, 7) is 0. The second-order valence-electron chi connectivity index (χ2n) is 5.07. The molecule has 0 aliphatic heterocycles. The lowest BCUT2D eigenvalue weighted by Crippen LogP contribution is -2.24. The Morgan fingerprint density at radius 1 is 1.41 bits per heavy atom. The molecule has 22 heavy (non-hydrogen) atoms. The second-order valence-corrected chi connectivity index (χ2v) is 6.72. The number of carbonyl (C=O) groups excluding carboxylic acids is 1. The zero-order chi connectivity index (χ0) is 15.9. The third kappa shape index (κ3) is 2.95. The van der Waals surface area contributed by atoms with Gasteiger partial charge in [-0.05, 0) is 53.6 Å². The molecule has 1 aliphatic rings. The monoisotopic (exact) mass is 429 g/mol. The van der Waals surface area contributed by atoms with Gasteiger partial charge >= 0.3 is 0 Å². The lowest BCUT2D eigenvalue weighted by molar-refractivity contribution is 0.100. The van der Waals surface area contributed by atoms with Crippen molar-refractivity contribution in [3.63, 3.8) is 0 Å². The molecule has 3 rings (SSSR count). The fraction of sp³-hybridized carbons (Fsp3) is 0.214. The summed E-state index contributed by atoms with van der Waals surface area (Å²) in [5, 5.41) is 4.91. The maximum atomic E-state index is 12.2. The van der Waals surface area contributed by atoms with Crippen molar-refractivity contribution in [1.82, 2.24) is 9.78 Å². The van der Waals surface area contributed by atoms with Crippen LogP contribution < -0.4 is 11.5 Å². The number of halogens is 2. The molecule has 1 aromatic carbocycles. The van der Waals surface area contributed by atoms with Crippen molar-refractivity contribution in [3.05, 3.63) is 44.2 Å². The molecule has 0 unspecified atom stereocenters. The van der Waals surface area contributed by atoms with Crippen LogP contribution >= 0.6 is 34.2 Å². The van der Waals surface area contributed by atoms with Crippen molar-refractivity contribution in [2.45, 2.75) is 18.8 Å². The van der Waals surface area contributed by atoms with Crippen LogP contribution in [0, 0.1) is 3.57 Å². The molecular weight excluding hydrogens is 417 g/mol. The first-order chi connectivity index (χ1) is 10.5. The predicted molar refractivity (Wildman–Crippen MR) is 93.4 cm³/mol. The van der Waals surface area contributed by atoms with Gasteiger partial charge in [0.05, 0.1) is 28.2 Å². The molecule has 8 heteroatoms. The van der Waals surface area contributed by atoms with Crippen LogP contribution in [0.3, 0.4) is 0 Å². The van der Waals surface area contributed by atoms with E-state index >= 15 is 0 Å². The van der Waals surface area contributed by atoms with E-state index in [0.29, 0.717) is 10.6 Å². The Bertz CT molecular complexity index is 778. The molecule has 1 aromatic heterocycles. The van der Waals surface area contributed by atoms with Gasteiger partial charge in [-0.15, -0.1) is 0 Å². The van der Waals surface area contributed by atoms with Crippen LogP contribution in [0.2, 0.25) is 5.02 Å². The van der Waals surface area contributed by atoms with Gasteiger partial charge in [-0.3, -0.25) is 4.79 Å². The lowest BCUT2D eigenvalue weighted by atomic mass is 10.1. The number of aliphatic imine (C=N–C) groups is 1. The molecule has 0 atom stereocenters. The van der Waals surface area contributed by atoms with E-state index in [1.165, 1.54) is 6.20 Å². The summed E-state index contributed by atoms with van der Waals surface area (Å²) in [6, 6.07) is 5.66. The quantitative estimate of drug-likeness (QED) is 0.445. The van der Waals surface area contributed by atoms with Gasteiger partial charge in [0.1, 0.15) is 0 Å². The molecule has 1 amide bonds. The van der Waals surface area contributed by atoms with Crippen LogP contribution in [-0.2, 0) is 0 Å². The Labute approximate surface area is 145 Å². The van der Waals surface area contributed by atoms with Crippen molar-refractivity contribution < 1.29 is 4.79 Å². The number of benzene rings is 1. The minimum absolute atomic E-state index is 0.258. The first-order valence-electron chi connectivity index (χ1n) is 6.64. The van der Waals surface area contributed by atoms with E-state index in [9.17, 15) is 4.79 Å². The Hall–Kier alpha value is -1.61. The van der Waals surface area contributed by atoms with E-state index < -0.39 is 5.91 Å². The minimum atomic E-state index is -0.477. The molecule has 1 fully saturated rings. The topological polar surface area (TPSA) is 99.3 Å². The van der Waals surface area contributed by atoms with Crippen LogP contribution in [0.4, 0.5) is 0 Å². The maximum Gasteiger partial charge on any atom is 0.283 e. The highest BCUT2D eigenvalue weighted by Gasteiger charge is 2.33. The number of nitrogens with two attached hydrogens (primary N) is 2. The van der Waals surface area contributed by atoms with Crippen LogP contribution in [0.5, 0.6) is 0 Å². The first-order valence-corrected chi connectivity index (χ1v) is 8.10. The highest BCUT2D eigenvalue weighted by molar-refractivity contribution is 14.1. The van der Waals surface area contributed by atoms with Crippen molar-refractivity contribution in [2.24, 2.45) is 16.5 Å². The average Bonchev–Trinajstić information content (AvgIpc) is 3.19. The van der Waals surface area contributed by atoms with Crippen LogP contribution in [0.1, 0.15) is 34.8 Å². The molecule has 0 saturated heterocycles. The fourth-order valence-corrected chi connectivity index (χ4v) is 2.96. The number of aromatic nitrogens is 2. The van der Waals surface area contributed by atoms with E-state index in [-0.39, 0.29) is 11.9 Å². The zero-order valence-corrected chi connectivity index (χ0v) is 14.4.